The first-order valence-corrected chi connectivity index (χ1v) is 10.5. The number of pyridine rings is 1. The van der Waals surface area contributed by atoms with E-state index in [1.807, 2.05) is 31.2 Å². The quantitative estimate of drug-likeness (QED) is 0.412. The van der Waals surface area contributed by atoms with Gasteiger partial charge in [-0.3, -0.25) is 9.59 Å². The van der Waals surface area contributed by atoms with E-state index in [4.69, 9.17) is 0 Å². The van der Waals surface area contributed by atoms with Crippen molar-refractivity contribution in [3.05, 3.63) is 106 Å². The molecule has 4 aromatic rings. The minimum absolute atomic E-state index is 0.172. The number of rotatable bonds is 6. The van der Waals surface area contributed by atoms with E-state index in [2.05, 4.69) is 10.1 Å². The molecule has 1 amide bonds. The molecule has 34 heavy (non-hydrogen) atoms. The molecule has 4 rings (SSSR count). The second-order valence-electron chi connectivity index (χ2n) is 7.92. The first kappa shape index (κ1) is 23.1. The molecule has 0 fully saturated rings. The molecular formula is C26H21F3N2O3. The number of halogens is 3. The van der Waals surface area contributed by atoms with E-state index in [0.29, 0.717) is 22.0 Å². The third-order valence-corrected chi connectivity index (χ3v) is 5.29. The summed E-state index contributed by atoms with van der Waals surface area (Å²) in [5, 5.41) is 3.91. The normalized spacial score (nSPS) is 11.4. The van der Waals surface area contributed by atoms with Gasteiger partial charge in [0.2, 0.25) is 5.91 Å². The average Bonchev–Trinajstić information content (AvgIpc) is 2.78. The van der Waals surface area contributed by atoms with Crippen LogP contribution in [0, 0.1) is 6.92 Å². The summed E-state index contributed by atoms with van der Waals surface area (Å²) in [6.45, 7) is 2.15. The lowest BCUT2D eigenvalue weighted by molar-refractivity contribution is -0.274. The molecule has 0 spiro atoms. The van der Waals surface area contributed by atoms with E-state index in [1.165, 1.54) is 28.8 Å². The number of hydrogen-bond donors (Lipinski definition) is 1. The summed E-state index contributed by atoms with van der Waals surface area (Å²) >= 11 is 0. The third-order valence-electron chi connectivity index (χ3n) is 5.29. The number of nitrogens with one attached hydrogen (secondary N) is 1. The van der Waals surface area contributed by atoms with Crippen molar-refractivity contribution in [3.8, 4) is 5.75 Å². The van der Waals surface area contributed by atoms with E-state index in [1.54, 1.807) is 30.5 Å². The molecule has 0 unspecified atom stereocenters. The second kappa shape index (κ2) is 9.43. The molecule has 8 heteroatoms. The Morgan fingerprint density at radius 3 is 2.26 bits per heavy atom. The van der Waals surface area contributed by atoms with E-state index < -0.39 is 6.36 Å². The van der Waals surface area contributed by atoms with Gasteiger partial charge in [-0.15, -0.1) is 13.2 Å². The number of nitrogens with zero attached hydrogens (tertiary/aromatic N) is 1. The molecule has 1 N–H and O–H groups in total. The maximum absolute atomic E-state index is 13.0. The number of carbonyl (C=O) groups is 1. The van der Waals surface area contributed by atoms with E-state index in [-0.39, 0.29) is 30.2 Å². The van der Waals surface area contributed by atoms with Crippen LogP contribution in [-0.4, -0.2) is 16.8 Å². The molecule has 0 aliphatic rings. The molecule has 0 aliphatic heterocycles. The first-order chi connectivity index (χ1) is 16.2. The smallest absolute Gasteiger partial charge is 0.406 e. The van der Waals surface area contributed by atoms with Crippen molar-refractivity contribution in [1.29, 1.82) is 0 Å². The number of fused-ring (bicyclic) bond motifs is 1. The van der Waals surface area contributed by atoms with E-state index in [9.17, 15) is 22.8 Å². The topological polar surface area (TPSA) is 60.3 Å². The number of ether oxygens (including phenoxy) is 1. The zero-order valence-corrected chi connectivity index (χ0v) is 18.2. The molecule has 3 aromatic carbocycles. The number of carbonyl (C=O) groups excluding carboxylic acids is 1. The Hall–Kier alpha value is -4.07. The summed E-state index contributed by atoms with van der Waals surface area (Å²) in [5.74, 6) is -0.519. The highest BCUT2D eigenvalue weighted by Gasteiger charge is 2.30. The van der Waals surface area contributed by atoms with Gasteiger partial charge in [-0.2, -0.15) is 0 Å². The van der Waals surface area contributed by atoms with Crippen LogP contribution < -0.4 is 15.6 Å². The zero-order chi connectivity index (χ0) is 24.3. The number of hydrogen-bond acceptors (Lipinski definition) is 3. The lowest BCUT2D eigenvalue weighted by atomic mass is 10.1. The van der Waals surface area contributed by atoms with Crippen LogP contribution in [0.25, 0.3) is 10.8 Å². The number of alkyl halides is 3. The Morgan fingerprint density at radius 2 is 1.59 bits per heavy atom. The van der Waals surface area contributed by atoms with Gasteiger partial charge in [0.15, 0.2) is 0 Å². The van der Waals surface area contributed by atoms with Crippen molar-refractivity contribution in [1.82, 2.24) is 4.57 Å². The van der Waals surface area contributed by atoms with Crippen molar-refractivity contribution < 1.29 is 22.7 Å². The first-order valence-electron chi connectivity index (χ1n) is 10.5. The lowest BCUT2D eigenvalue weighted by Crippen LogP contribution is -2.21. The second-order valence-corrected chi connectivity index (χ2v) is 7.92. The zero-order valence-electron chi connectivity index (χ0n) is 18.2. The van der Waals surface area contributed by atoms with Gasteiger partial charge in [0.05, 0.1) is 13.0 Å². The molecule has 0 aliphatic carbocycles. The van der Waals surface area contributed by atoms with Crippen LogP contribution in [0.5, 0.6) is 5.75 Å². The van der Waals surface area contributed by atoms with Gasteiger partial charge in [0.25, 0.3) is 5.56 Å². The van der Waals surface area contributed by atoms with E-state index >= 15 is 0 Å². The summed E-state index contributed by atoms with van der Waals surface area (Å²) in [6.07, 6.45) is -2.95. The highest BCUT2D eigenvalue weighted by Crippen LogP contribution is 2.24. The van der Waals surface area contributed by atoms with Crippen molar-refractivity contribution in [2.24, 2.45) is 0 Å². The van der Waals surface area contributed by atoms with Gasteiger partial charge in [-0.05, 0) is 48.4 Å². The predicted molar refractivity (Wildman–Crippen MR) is 124 cm³/mol. The molecule has 0 saturated carbocycles. The maximum Gasteiger partial charge on any atom is 0.573 e. The van der Waals surface area contributed by atoms with Gasteiger partial charge >= 0.3 is 6.36 Å². The fraction of sp³-hybridized carbons (Fsp3) is 0.154. The third kappa shape index (κ3) is 5.64. The standard InChI is InChI=1S/C26H21F3N2O3/c1-17-5-7-18(8-6-17)15-24(32)30-23-4-2-3-22-21(23)13-14-31(25(22)33)16-19-9-11-20(12-10-19)34-26(27,28)29/h2-14H,15-16H2,1H3,(H,30,32). The van der Waals surface area contributed by atoms with Crippen LogP contribution in [0.15, 0.2) is 83.8 Å². The molecule has 0 atom stereocenters. The van der Waals surface area contributed by atoms with Crippen LogP contribution in [0.2, 0.25) is 0 Å². The van der Waals surface area contributed by atoms with Crippen molar-refractivity contribution in [2.75, 3.05) is 5.32 Å². The molecule has 0 bridgehead atoms. The van der Waals surface area contributed by atoms with Crippen molar-refractivity contribution in [3.63, 3.8) is 0 Å². The monoisotopic (exact) mass is 466 g/mol. The minimum atomic E-state index is -4.76. The lowest BCUT2D eigenvalue weighted by Gasteiger charge is -2.12. The Bertz CT molecular complexity index is 1380. The van der Waals surface area contributed by atoms with Crippen LogP contribution >= 0.6 is 0 Å². The largest absolute Gasteiger partial charge is 0.573 e. The predicted octanol–water partition coefficient (Wildman–Crippen LogP) is 5.44. The fourth-order valence-corrected chi connectivity index (χ4v) is 3.63. The van der Waals surface area contributed by atoms with Gasteiger partial charge < -0.3 is 14.6 Å². The Labute approximate surface area is 193 Å². The summed E-state index contributed by atoms with van der Waals surface area (Å²) in [6, 6.07) is 19.9. The Balaban J connectivity index is 1.52. The van der Waals surface area contributed by atoms with Crippen LogP contribution in [-0.2, 0) is 17.8 Å². The summed E-state index contributed by atoms with van der Waals surface area (Å²) in [4.78, 5) is 25.6. The summed E-state index contributed by atoms with van der Waals surface area (Å²) < 4.78 is 42.3. The summed E-state index contributed by atoms with van der Waals surface area (Å²) in [7, 11) is 0. The van der Waals surface area contributed by atoms with Gasteiger partial charge in [-0.1, -0.05) is 48.0 Å². The molecule has 1 aromatic heterocycles. The fourth-order valence-electron chi connectivity index (χ4n) is 3.63. The number of anilines is 1. The van der Waals surface area contributed by atoms with Gasteiger partial charge in [-0.25, -0.2) is 0 Å². The van der Waals surface area contributed by atoms with Crippen LogP contribution in [0.4, 0.5) is 18.9 Å². The van der Waals surface area contributed by atoms with Gasteiger partial charge in [0.1, 0.15) is 5.75 Å². The number of aromatic nitrogens is 1. The molecule has 174 valence electrons. The number of benzene rings is 3. The Morgan fingerprint density at radius 1 is 0.912 bits per heavy atom. The SMILES string of the molecule is Cc1ccc(CC(=O)Nc2cccc3c(=O)n(Cc4ccc(OC(F)(F)F)cc4)ccc23)cc1. The number of amides is 1. The van der Waals surface area contributed by atoms with Gasteiger partial charge in [0, 0.05) is 22.7 Å². The van der Waals surface area contributed by atoms with Crippen LogP contribution in [0.1, 0.15) is 16.7 Å². The van der Waals surface area contributed by atoms with E-state index in [0.717, 1.165) is 11.1 Å². The Kier molecular flexibility index (Phi) is 6.40. The highest BCUT2D eigenvalue weighted by atomic mass is 19.4. The van der Waals surface area contributed by atoms with Crippen molar-refractivity contribution >= 4 is 22.4 Å². The molecular weight excluding hydrogens is 445 g/mol. The van der Waals surface area contributed by atoms with Crippen LogP contribution in [0.3, 0.4) is 0 Å². The maximum atomic E-state index is 13.0. The molecule has 5 nitrogen and oxygen atoms in total. The number of aryl methyl sites for hydroxylation is 1. The molecule has 0 saturated heterocycles. The molecule has 0 radical (unpaired) electrons. The molecule has 1 heterocycles. The average molecular weight is 466 g/mol. The summed E-state index contributed by atoms with van der Waals surface area (Å²) in [5.41, 5.74) is 2.89. The highest BCUT2D eigenvalue weighted by molar-refractivity contribution is 6.02. The van der Waals surface area contributed by atoms with Crippen molar-refractivity contribution in [2.45, 2.75) is 26.3 Å². The minimum Gasteiger partial charge on any atom is -0.406 e.